The Morgan fingerprint density at radius 1 is 1.00 bits per heavy atom. The molecule has 0 heterocycles. The molecule has 0 spiro atoms. The number of amides is 4. The fourth-order valence-corrected chi connectivity index (χ4v) is 4.30. The van der Waals surface area contributed by atoms with Crippen LogP contribution in [0.2, 0.25) is 0 Å². The van der Waals surface area contributed by atoms with Gasteiger partial charge in [-0.15, -0.1) is 6.42 Å². The number of alkyl carbamates (subject to hydrolysis) is 1. The molecule has 1 aromatic rings. The molecule has 3 atom stereocenters. The first-order valence-corrected chi connectivity index (χ1v) is 14.7. The minimum Gasteiger partial charge on any atom is -0.466 e. The van der Waals surface area contributed by atoms with Gasteiger partial charge in [-0.25, -0.2) is 4.79 Å². The van der Waals surface area contributed by atoms with Crippen molar-refractivity contribution in [1.29, 1.82) is 0 Å². The summed E-state index contributed by atoms with van der Waals surface area (Å²) in [5.41, 5.74) is 5.61. The molecule has 0 aliphatic heterocycles. The Balaban J connectivity index is 3.62. The van der Waals surface area contributed by atoms with Crippen molar-refractivity contribution < 1.29 is 33.4 Å². The maximum atomic E-state index is 14.4. The zero-order valence-electron chi connectivity index (χ0n) is 26.5. The van der Waals surface area contributed by atoms with Crippen LogP contribution in [0, 0.1) is 18.3 Å². The van der Waals surface area contributed by atoms with Gasteiger partial charge in [-0.2, -0.15) is 0 Å². The molecule has 43 heavy (non-hydrogen) atoms. The van der Waals surface area contributed by atoms with E-state index in [1.807, 2.05) is 6.92 Å². The highest BCUT2D eigenvalue weighted by atomic mass is 16.6. The van der Waals surface area contributed by atoms with Crippen LogP contribution in [0.3, 0.4) is 0 Å². The molecular formula is C32H48N4O7. The number of hydrogen-bond donors (Lipinski definition) is 3. The molecule has 11 heteroatoms. The Labute approximate surface area is 255 Å². The largest absolute Gasteiger partial charge is 0.466 e. The number of benzene rings is 1. The summed E-state index contributed by atoms with van der Waals surface area (Å²) >= 11 is 0. The summed E-state index contributed by atoms with van der Waals surface area (Å²) in [4.78, 5) is 66.0. The summed E-state index contributed by atoms with van der Waals surface area (Å²) in [7, 11) is 0. The van der Waals surface area contributed by atoms with E-state index in [-0.39, 0.29) is 32.4 Å². The van der Waals surface area contributed by atoms with Crippen molar-refractivity contribution >= 4 is 29.8 Å². The number of ether oxygens (including phenoxy) is 2. The molecule has 0 bridgehead atoms. The van der Waals surface area contributed by atoms with Gasteiger partial charge in [-0.1, -0.05) is 31.9 Å². The quantitative estimate of drug-likeness (QED) is 0.193. The number of terminal acetylenes is 1. The lowest BCUT2D eigenvalue weighted by Gasteiger charge is -2.39. The highest BCUT2D eigenvalue weighted by Crippen LogP contribution is 2.28. The van der Waals surface area contributed by atoms with E-state index in [4.69, 9.17) is 21.6 Å². The molecule has 238 valence electrons. The van der Waals surface area contributed by atoms with Crippen molar-refractivity contribution in [3.05, 3.63) is 35.4 Å². The number of nitrogens with zero attached hydrogens (tertiary/aromatic N) is 1. The number of carbonyl (C=O) groups excluding carboxylic acids is 5. The Bertz CT molecular complexity index is 1140. The third-order valence-electron chi connectivity index (χ3n) is 6.41. The van der Waals surface area contributed by atoms with Gasteiger partial charge in [0.05, 0.1) is 13.0 Å². The molecule has 4 amide bonds. The lowest BCUT2D eigenvalue weighted by molar-refractivity contribution is -0.146. The molecule has 0 fully saturated rings. The van der Waals surface area contributed by atoms with Crippen LogP contribution in [-0.2, 0) is 28.7 Å². The number of rotatable bonds is 16. The first kappa shape index (κ1) is 37.0. The normalized spacial score (nSPS) is 13.2. The Hall–Kier alpha value is -4.07. The molecule has 4 N–H and O–H groups in total. The molecule has 1 rings (SSSR count). The van der Waals surface area contributed by atoms with E-state index in [2.05, 4.69) is 30.4 Å². The maximum Gasteiger partial charge on any atom is 0.408 e. The van der Waals surface area contributed by atoms with Crippen LogP contribution in [0.1, 0.15) is 97.7 Å². The second-order valence-corrected chi connectivity index (χ2v) is 11.8. The van der Waals surface area contributed by atoms with Gasteiger partial charge in [0.25, 0.3) is 0 Å². The first-order chi connectivity index (χ1) is 20.1. The molecule has 0 aliphatic carbocycles. The average Bonchev–Trinajstić information content (AvgIpc) is 2.91. The molecule has 3 unspecified atom stereocenters. The zero-order valence-corrected chi connectivity index (χ0v) is 26.5. The van der Waals surface area contributed by atoms with E-state index >= 15 is 0 Å². The lowest BCUT2D eigenvalue weighted by Crippen LogP contribution is -2.55. The smallest absolute Gasteiger partial charge is 0.408 e. The van der Waals surface area contributed by atoms with Gasteiger partial charge in [0.15, 0.2) is 0 Å². The monoisotopic (exact) mass is 600 g/mol. The SMILES string of the molecule is C#Cc1ccc(C(C(=O)NCCC(=O)OCC)N(C(=O)C(CCC(N)=O)NC(=O)OC(C)(C)C)C(C)CCC(C)C)cc1. The van der Waals surface area contributed by atoms with Crippen molar-refractivity contribution in [2.45, 2.75) is 104 Å². The van der Waals surface area contributed by atoms with Gasteiger partial charge in [-0.05, 0) is 77.5 Å². The van der Waals surface area contributed by atoms with Crippen LogP contribution in [0.25, 0.3) is 0 Å². The van der Waals surface area contributed by atoms with Crippen molar-refractivity contribution in [2.75, 3.05) is 13.2 Å². The van der Waals surface area contributed by atoms with E-state index in [9.17, 15) is 24.0 Å². The van der Waals surface area contributed by atoms with Gasteiger partial charge in [0.1, 0.15) is 17.7 Å². The van der Waals surface area contributed by atoms with Crippen LogP contribution in [0.15, 0.2) is 24.3 Å². The molecule has 0 radical (unpaired) electrons. The number of esters is 1. The number of primary amides is 1. The number of nitrogens with one attached hydrogen (secondary N) is 2. The highest BCUT2D eigenvalue weighted by Gasteiger charge is 2.39. The number of carbonyl (C=O) groups is 5. The topological polar surface area (TPSA) is 157 Å². The van der Waals surface area contributed by atoms with Crippen LogP contribution in [-0.4, -0.2) is 65.5 Å². The number of nitrogens with two attached hydrogens (primary N) is 1. The van der Waals surface area contributed by atoms with E-state index in [0.29, 0.717) is 23.5 Å². The Morgan fingerprint density at radius 2 is 1.63 bits per heavy atom. The zero-order chi connectivity index (χ0) is 32.7. The fourth-order valence-electron chi connectivity index (χ4n) is 4.30. The average molecular weight is 601 g/mol. The summed E-state index contributed by atoms with van der Waals surface area (Å²) in [5, 5.41) is 5.34. The van der Waals surface area contributed by atoms with Crippen LogP contribution in [0.5, 0.6) is 0 Å². The predicted octanol–water partition coefficient (Wildman–Crippen LogP) is 3.59. The molecule has 11 nitrogen and oxygen atoms in total. The van der Waals surface area contributed by atoms with Gasteiger partial charge in [0.2, 0.25) is 17.7 Å². The van der Waals surface area contributed by atoms with Crippen molar-refractivity contribution in [3.63, 3.8) is 0 Å². The van der Waals surface area contributed by atoms with Gasteiger partial charge < -0.3 is 30.7 Å². The van der Waals surface area contributed by atoms with E-state index in [1.54, 1.807) is 52.0 Å². The highest BCUT2D eigenvalue weighted by molar-refractivity contribution is 5.93. The first-order valence-electron chi connectivity index (χ1n) is 14.7. The van der Waals surface area contributed by atoms with Crippen molar-refractivity contribution in [3.8, 4) is 12.3 Å². The summed E-state index contributed by atoms with van der Waals surface area (Å²) < 4.78 is 10.3. The number of hydrogen-bond acceptors (Lipinski definition) is 7. The van der Waals surface area contributed by atoms with Crippen molar-refractivity contribution in [1.82, 2.24) is 15.5 Å². The van der Waals surface area contributed by atoms with Gasteiger partial charge >= 0.3 is 12.1 Å². The summed E-state index contributed by atoms with van der Waals surface area (Å²) in [6.45, 7) is 12.9. The summed E-state index contributed by atoms with van der Waals surface area (Å²) in [6, 6.07) is 3.82. The molecule has 0 aliphatic rings. The van der Waals surface area contributed by atoms with Gasteiger partial charge in [0, 0.05) is 24.6 Å². The fraction of sp³-hybridized carbons (Fsp3) is 0.594. The lowest BCUT2D eigenvalue weighted by atomic mass is 9.96. The van der Waals surface area contributed by atoms with Crippen LogP contribution < -0.4 is 16.4 Å². The minimum atomic E-state index is -1.22. The van der Waals surface area contributed by atoms with E-state index in [0.717, 1.165) is 6.42 Å². The Morgan fingerprint density at radius 3 is 2.14 bits per heavy atom. The van der Waals surface area contributed by atoms with Gasteiger partial charge in [-0.3, -0.25) is 19.2 Å². The second-order valence-electron chi connectivity index (χ2n) is 11.8. The summed E-state index contributed by atoms with van der Waals surface area (Å²) in [6.07, 6.45) is 5.65. The third kappa shape index (κ3) is 13.6. The minimum absolute atomic E-state index is 0.0136. The van der Waals surface area contributed by atoms with Crippen molar-refractivity contribution in [2.24, 2.45) is 11.7 Å². The van der Waals surface area contributed by atoms with E-state index < -0.39 is 53.5 Å². The van der Waals surface area contributed by atoms with Crippen LogP contribution >= 0.6 is 0 Å². The Kier molecular flexibility index (Phi) is 15.3. The van der Waals surface area contributed by atoms with Crippen LogP contribution in [0.4, 0.5) is 4.79 Å². The molecule has 0 saturated heterocycles. The predicted molar refractivity (Wildman–Crippen MR) is 163 cm³/mol. The molecule has 0 saturated carbocycles. The molecule has 0 aromatic heterocycles. The maximum absolute atomic E-state index is 14.4. The van der Waals surface area contributed by atoms with E-state index in [1.165, 1.54) is 4.90 Å². The third-order valence-corrected chi connectivity index (χ3v) is 6.41. The molecular weight excluding hydrogens is 552 g/mol. The molecule has 1 aromatic carbocycles. The summed E-state index contributed by atoms with van der Waals surface area (Å²) in [5.74, 6) is 0.611. The standard InChI is InChI=1S/C32H48N4O7/c1-9-23-13-15-24(16-14-23)28(29(39)34-20-19-27(38)42-10-2)36(22(5)12-11-21(3)4)30(40)25(17-18-26(33)37)35-31(41)43-32(6,7)8/h1,13-16,21-22,25,28H,10-12,17-20H2,2-8H3,(H2,33,37)(H,34,39)(H,35,41). The second kappa shape index (κ2) is 17.8.